The van der Waals surface area contributed by atoms with E-state index in [1.807, 2.05) is 0 Å². The first-order valence-electron chi connectivity index (χ1n) is 11.9. The maximum Gasteiger partial charge on any atom is 0.459 e. The smallest absolute Gasteiger partial charge is 0.459 e. The van der Waals surface area contributed by atoms with Crippen LogP contribution in [0.5, 0.6) is 0 Å². The summed E-state index contributed by atoms with van der Waals surface area (Å²) in [6.45, 7) is -6.89. The van der Waals surface area contributed by atoms with Gasteiger partial charge in [-0.1, -0.05) is 0 Å². The zero-order valence-electron chi connectivity index (χ0n) is 23.2. The Bertz CT molecular complexity index is 1170. The largest absolute Gasteiger partial charge is 0.481 e. The predicted molar refractivity (Wildman–Crippen MR) is 120 cm³/mol. The Morgan fingerprint density at radius 3 is 1.39 bits per heavy atom. The SMILES string of the molecule is CC(COCC(F)(F)C(F)(F)C(F)(F)F)OC(=O)C(CC(=O)O)C(C(=O)OC(C)COCC(F)(F)C(F)(F)C(C)(F)F)S(=O)(=O)O. The predicted octanol–water partition coefficient (Wildman–Crippen LogP) is 3.99. The second kappa shape index (κ2) is 15.0. The van der Waals surface area contributed by atoms with E-state index in [9.17, 15) is 84.4 Å². The van der Waals surface area contributed by atoms with Crippen LogP contribution in [0.2, 0.25) is 0 Å². The van der Waals surface area contributed by atoms with Crippen molar-refractivity contribution in [2.75, 3.05) is 26.4 Å². The van der Waals surface area contributed by atoms with Gasteiger partial charge in [0.25, 0.3) is 10.1 Å². The fourth-order valence-corrected chi connectivity index (χ4v) is 3.95. The molecule has 272 valence electrons. The van der Waals surface area contributed by atoms with E-state index < -0.39 is 127 Å². The highest BCUT2D eigenvalue weighted by Gasteiger charge is 2.73. The molecule has 0 aliphatic rings. The molecular weight excluding hydrogens is 707 g/mol. The molecule has 0 heterocycles. The highest BCUT2D eigenvalue weighted by atomic mass is 32.2. The summed E-state index contributed by atoms with van der Waals surface area (Å²) in [7, 11) is -5.88. The van der Waals surface area contributed by atoms with Crippen molar-refractivity contribution in [3.63, 3.8) is 0 Å². The molecule has 0 aromatic carbocycles. The molecule has 4 unspecified atom stereocenters. The first-order chi connectivity index (χ1) is 20.2. The van der Waals surface area contributed by atoms with E-state index in [4.69, 9.17) is 5.11 Å². The van der Waals surface area contributed by atoms with E-state index in [0.717, 1.165) is 0 Å². The minimum atomic E-state index is -6.71. The molecule has 0 amide bonds. The second-order valence-corrected chi connectivity index (χ2v) is 11.1. The van der Waals surface area contributed by atoms with Gasteiger partial charge in [-0.2, -0.15) is 65.5 Å². The Kier molecular flexibility index (Phi) is 14.2. The van der Waals surface area contributed by atoms with Crippen LogP contribution in [-0.2, 0) is 43.4 Å². The lowest BCUT2D eigenvalue weighted by Gasteiger charge is -2.30. The number of alkyl halides is 13. The Labute approximate surface area is 250 Å². The molecule has 0 saturated heterocycles. The summed E-state index contributed by atoms with van der Waals surface area (Å²) in [6, 6.07) is 0. The molecular formula is C21H25F13O11S. The molecule has 0 aromatic heterocycles. The van der Waals surface area contributed by atoms with Gasteiger partial charge in [0.15, 0.2) is 5.25 Å². The lowest BCUT2D eigenvalue weighted by molar-refractivity contribution is -0.361. The molecule has 0 bridgehead atoms. The van der Waals surface area contributed by atoms with Crippen molar-refractivity contribution in [1.29, 1.82) is 0 Å². The molecule has 0 aliphatic carbocycles. The molecule has 4 atom stereocenters. The average molecular weight is 732 g/mol. The molecule has 0 spiro atoms. The quantitative estimate of drug-likeness (QED) is 0.112. The van der Waals surface area contributed by atoms with Gasteiger partial charge in [0.05, 0.1) is 25.6 Å². The van der Waals surface area contributed by atoms with Gasteiger partial charge in [-0.3, -0.25) is 18.9 Å². The number of hydrogen-bond acceptors (Lipinski definition) is 9. The van der Waals surface area contributed by atoms with Crippen molar-refractivity contribution in [1.82, 2.24) is 0 Å². The summed E-state index contributed by atoms with van der Waals surface area (Å²) >= 11 is 0. The average Bonchev–Trinajstić information content (AvgIpc) is 2.80. The van der Waals surface area contributed by atoms with Crippen LogP contribution in [0, 0.1) is 5.92 Å². The maximum atomic E-state index is 13.5. The maximum absolute atomic E-state index is 13.5. The second-order valence-electron chi connectivity index (χ2n) is 9.61. The van der Waals surface area contributed by atoms with Crippen molar-refractivity contribution in [3.8, 4) is 0 Å². The van der Waals surface area contributed by atoms with E-state index in [2.05, 4.69) is 18.9 Å². The van der Waals surface area contributed by atoms with Gasteiger partial charge >= 0.3 is 53.7 Å². The van der Waals surface area contributed by atoms with Crippen LogP contribution >= 0.6 is 0 Å². The van der Waals surface area contributed by atoms with E-state index in [-0.39, 0.29) is 0 Å². The van der Waals surface area contributed by atoms with Crippen LogP contribution in [-0.4, -0.2) is 116 Å². The van der Waals surface area contributed by atoms with Crippen LogP contribution < -0.4 is 0 Å². The van der Waals surface area contributed by atoms with Gasteiger partial charge < -0.3 is 24.1 Å². The fraction of sp³-hybridized carbons (Fsp3) is 0.857. The summed E-state index contributed by atoms with van der Waals surface area (Å²) in [5.41, 5.74) is 0. The van der Waals surface area contributed by atoms with Crippen molar-refractivity contribution in [2.24, 2.45) is 5.92 Å². The van der Waals surface area contributed by atoms with E-state index >= 15 is 0 Å². The first kappa shape index (κ1) is 43.3. The summed E-state index contributed by atoms with van der Waals surface area (Å²) in [4.78, 5) is 36.2. The lowest BCUT2D eigenvalue weighted by atomic mass is 10.0. The summed E-state index contributed by atoms with van der Waals surface area (Å²) in [5.74, 6) is -38.2. The van der Waals surface area contributed by atoms with Gasteiger partial charge in [0.2, 0.25) is 0 Å². The zero-order chi connectivity index (χ0) is 36.9. The molecule has 0 aromatic rings. The number of rotatable bonds is 19. The number of hydrogen-bond donors (Lipinski definition) is 2. The number of carboxylic acid groups (broad SMARTS) is 1. The van der Waals surface area contributed by atoms with Crippen molar-refractivity contribution < 1.29 is 108 Å². The van der Waals surface area contributed by atoms with Gasteiger partial charge in [-0.25, -0.2) is 0 Å². The molecule has 0 saturated carbocycles. The number of ether oxygens (including phenoxy) is 4. The van der Waals surface area contributed by atoms with Crippen LogP contribution in [0.1, 0.15) is 27.2 Å². The molecule has 2 N–H and O–H groups in total. The topological polar surface area (TPSA) is 163 Å². The first-order valence-corrected chi connectivity index (χ1v) is 13.4. The Hall–Kier alpha value is -2.67. The van der Waals surface area contributed by atoms with Gasteiger partial charge in [0, 0.05) is 6.92 Å². The lowest BCUT2D eigenvalue weighted by Crippen LogP contribution is -2.55. The third kappa shape index (κ3) is 11.2. The van der Waals surface area contributed by atoms with Gasteiger partial charge in [-0.05, 0) is 13.8 Å². The Balaban J connectivity index is 5.67. The number of carbonyl (C=O) groups is 3. The van der Waals surface area contributed by atoms with Crippen LogP contribution in [0.15, 0.2) is 0 Å². The number of aliphatic carboxylic acids is 1. The van der Waals surface area contributed by atoms with Gasteiger partial charge in [0.1, 0.15) is 25.4 Å². The summed E-state index contributed by atoms with van der Waals surface area (Å²) in [6.07, 6.45) is -12.3. The minimum Gasteiger partial charge on any atom is -0.481 e. The highest BCUT2D eigenvalue weighted by molar-refractivity contribution is 7.87. The van der Waals surface area contributed by atoms with Crippen LogP contribution in [0.25, 0.3) is 0 Å². The summed E-state index contributed by atoms with van der Waals surface area (Å²) in [5, 5.41) is 5.79. The van der Waals surface area contributed by atoms with E-state index in [1.54, 1.807) is 0 Å². The molecule has 25 heteroatoms. The monoisotopic (exact) mass is 732 g/mol. The van der Waals surface area contributed by atoms with E-state index in [0.29, 0.717) is 13.8 Å². The Morgan fingerprint density at radius 2 is 1.07 bits per heavy atom. The van der Waals surface area contributed by atoms with Gasteiger partial charge in [-0.15, -0.1) is 0 Å². The zero-order valence-corrected chi connectivity index (χ0v) is 24.1. The van der Waals surface area contributed by atoms with Crippen LogP contribution in [0.3, 0.4) is 0 Å². The van der Waals surface area contributed by atoms with E-state index in [1.165, 1.54) is 0 Å². The van der Waals surface area contributed by atoms with Crippen molar-refractivity contribution in [3.05, 3.63) is 0 Å². The number of carbonyl (C=O) groups excluding carboxylic acids is 2. The standard InChI is InChI=1S/C21H25F13O11S/c1-9(5-43-8-18(26,27)20(30,31)21(32,33)34)44-14(37)11(4-12(35)36)13(46(39,40)41)15(38)45-10(2)6-42-7-17(24,25)19(28,29)16(3,22)23/h9-11,13H,4-8H2,1-3H3,(H,35,36)(H,39,40,41). The molecule has 0 rings (SSSR count). The third-order valence-corrected chi connectivity index (χ3v) is 6.51. The van der Waals surface area contributed by atoms with Crippen LogP contribution in [0.4, 0.5) is 57.1 Å². The molecule has 0 radical (unpaired) electrons. The number of esters is 2. The van der Waals surface area contributed by atoms with Crippen molar-refractivity contribution in [2.45, 2.75) is 80.4 Å². The highest BCUT2D eigenvalue weighted by Crippen LogP contribution is 2.47. The summed E-state index contributed by atoms with van der Waals surface area (Å²) < 4.78 is 219. The third-order valence-electron chi connectivity index (χ3n) is 5.35. The minimum absolute atomic E-state index is 0.522. The molecule has 11 nitrogen and oxygen atoms in total. The molecule has 0 fully saturated rings. The molecule has 46 heavy (non-hydrogen) atoms. The number of halogens is 13. The normalized spacial score (nSPS) is 16.7. The fourth-order valence-electron chi connectivity index (χ4n) is 3.03. The van der Waals surface area contributed by atoms with Crippen molar-refractivity contribution >= 4 is 28.0 Å². The molecule has 0 aliphatic heterocycles. The number of carboxylic acids is 1. The Morgan fingerprint density at radius 1 is 0.696 bits per heavy atom.